The average Bonchev–Trinajstić information content (AvgIpc) is 3.00. The molecule has 3 aromatic rings. The lowest BCUT2D eigenvalue weighted by atomic mass is 10.2. The number of halogens is 2. The zero-order valence-electron chi connectivity index (χ0n) is 11.8. The Morgan fingerprint density at radius 3 is 2.83 bits per heavy atom. The summed E-state index contributed by atoms with van der Waals surface area (Å²) in [5.74, 6) is -0.161. The number of aromatic nitrogens is 2. The summed E-state index contributed by atoms with van der Waals surface area (Å²) in [5.41, 5.74) is 2.26. The van der Waals surface area contributed by atoms with E-state index in [4.69, 9.17) is 23.2 Å². The summed E-state index contributed by atoms with van der Waals surface area (Å²) in [6, 6.07) is 8.75. The number of carbonyl (C=O) groups excluding carboxylic acids is 1. The minimum Gasteiger partial charge on any atom is -0.326 e. The predicted octanol–water partition coefficient (Wildman–Crippen LogP) is 4.69. The Labute approximate surface area is 147 Å². The van der Waals surface area contributed by atoms with E-state index < -0.39 is 0 Å². The second kappa shape index (κ2) is 7.08. The standard InChI is InChI=1S/C16H11Cl2N3OS/c17-13-4-3-11(6-14(13)18)20-15(22)7-12-9-23-16(21-12)10-2-1-5-19-8-10/h1-6,8-9H,7H2,(H,20,22). The molecule has 7 heteroatoms. The van der Waals surface area contributed by atoms with Gasteiger partial charge in [-0.3, -0.25) is 9.78 Å². The largest absolute Gasteiger partial charge is 0.326 e. The molecule has 1 N–H and O–H groups in total. The number of nitrogens with zero attached hydrogens (tertiary/aromatic N) is 2. The molecule has 1 aromatic carbocycles. The number of thiazole rings is 1. The van der Waals surface area contributed by atoms with Crippen LogP contribution in [0.4, 0.5) is 5.69 Å². The molecule has 0 radical (unpaired) electrons. The normalized spacial score (nSPS) is 10.5. The molecule has 0 bridgehead atoms. The molecule has 3 rings (SSSR count). The molecule has 2 heterocycles. The van der Waals surface area contributed by atoms with Gasteiger partial charge in [0.1, 0.15) is 5.01 Å². The molecule has 0 aliphatic heterocycles. The predicted molar refractivity (Wildman–Crippen MR) is 94.1 cm³/mol. The summed E-state index contributed by atoms with van der Waals surface area (Å²) >= 11 is 13.3. The van der Waals surface area contributed by atoms with Gasteiger partial charge in [0, 0.05) is 29.0 Å². The van der Waals surface area contributed by atoms with Crippen molar-refractivity contribution in [1.82, 2.24) is 9.97 Å². The Bertz CT molecular complexity index is 836. The summed E-state index contributed by atoms with van der Waals surface area (Å²) in [6.45, 7) is 0. The molecule has 0 aliphatic rings. The van der Waals surface area contributed by atoms with Gasteiger partial charge < -0.3 is 5.32 Å². The molecular formula is C16H11Cl2N3OS. The minimum atomic E-state index is -0.161. The van der Waals surface area contributed by atoms with E-state index in [-0.39, 0.29) is 12.3 Å². The first kappa shape index (κ1) is 15.9. The fourth-order valence-corrected chi connectivity index (χ4v) is 3.06. The van der Waals surface area contributed by atoms with Gasteiger partial charge in [-0.25, -0.2) is 4.98 Å². The highest BCUT2D eigenvalue weighted by atomic mass is 35.5. The Balaban J connectivity index is 1.66. The molecule has 0 spiro atoms. The Kier molecular flexibility index (Phi) is 4.91. The van der Waals surface area contributed by atoms with Gasteiger partial charge in [0.25, 0.3) is 0 Å². The molecule has 0 saturated heterocycles. The van der Waals surface area contributed by atoms with Crippen LogP contribution in [0.15, 0.2) is 48.1 Å². The topological polar surface area (TPSA) is 54.9 Å². The van der Waals surface area contributed by atoms with Crippen molar-refractivity contribution < 1.29 is 4.79 Å². The van der Waals surface area contributed by atoms with Crippen LogP contribution in [0.1, 0.15) is 5.69 Å². The van der Waals surface area contributed by atoms with E-state index in [1.54, 1.807) is 30.6 Å². The molecule has 0 saturated carbocycles. The van der Waals surface area contributed by atoms with Crippen LogP contribution in [0, 0.1) is 0 Å². The van der Waals surface area contributed by atoms with Crippen molar-refractivity contribution in [3.8, 4) is 10.6 Å². The Morgan fingerprint density at radius 1 is 1.22 bits per heavy atom. The van der Waals surface area contributed by atoms with Crippen molar-refractivity contribution in [2.45, 2.75) is 6.42 Å². The summed E-state index contributed by atoms with van der Waals surface area (Å²) in [7, 11) is 0. The Morgan fingerprint density at radius 2 is 2.09 bits per heavy atom. The highest BCUT2D eigenvalue weighted by Gasteiger charge is 2.10. The summed E-state index contributed by atoms with van der Waals surface area (Å²) in [6.07, 6.45) is 3.65. The molecule has 0 fully saturated rings. The van der Waals surface area contributed by atoms with E-state index in [0.717, 1.165) is 10.6 Å². The van der Waals surface area contributed by atoms with E-state index in [2.05, 4.69) is 15.3 Å². The average molecular weight is 364 g/mol. The highest BCUT2D eigenvalue weighted by molar-refractivity contribution is 7.13. The third-order valence-corrected chi connectivity index (χ3v) is 4.68. The smallest absolute Gasteiger partial charge is 0.230 e. The first-order chi connectivity index (χ1) is 11.1. The Hall–Kier alpha value is -1.95. The number of hydrogen-bond acceptors (Lipinski definition) is 4. The number of hydrogen-bond donors (Lipinski definition) is 1. The summed E-state index contributed by atoms with van der Waals surface area (Å²) in [4.78, 5) is 20.6. The molecule has 23 heavy (non-hydrogen) atoms. The third-order valence-electron chi connectivity index (χ3n) is 3.01. The molecular weight excluding hydrogens is 353 g/mol. The van der Waals surface area contributed by atoms with E-state index in [0.29, 0.717) is 21.4 Å². The van der Waals surface area contributed by atoms with Gasteiger partial charge in [0.2, 0.25) is 5.91 Å². The van der Waals surface area contributed by atoms with E-state index in [9.17, 15) is 4.79 Å². The molecule has 0 unspecified atom stereocenters. The van der Waals surface area contributed by atoms with Gasteiger partial charge in [-0.2, -0.15) is 0 Å². The van der Waals surface area contributed by atoms with Crippen molar-refractivity contribution in [2.75, 3.05) is 5.32 Å². The second-order valence-corrected chi connectivity index (χ2v) is 6.41. The first-order valence-electron chi connectivity index (χ1n) is 6.71. The third kappa shape index (κ3) is 4.07. The zero-order valence-corrected chi connectivity index (χ0v) is 14.1. The molecule has 1 amide bonds. The maximum absolute atomic E-state index is 12.1. The van der Waals surface area contributed by atoms with Crippen LogP contribution in [0.3, 0.4) is 0 Å². The van der Waals surface area contributed by atoms with Gasteiger partial charge in [0.15, 0.2) is 0 Å². The SMILES string of the molecule is O=C(Cc1csc(-c2cccnc2)n1)Nc1ccc(Cl)c(Cl)c1. The number of nitrogens with one attached hydrogen (secondary N) is 1. The highest BCUT2D eigenvalue weighted by Crippen LogP contribution is 2.26. The van der Waals surface area contributed by atoms with Crippen LogP contribution >= 0.6 is 34.5 Å². The van der Waals surface area contributed by atoms with Crippen LogP contribution in [0.5, 0.6) is 0 Å². The van der Waals surface area contributed by atoms with Crippen molar-refractivity contribution in [1.29, 1.82) is 0 Å². The molecule has 116 valence electrons. The molecule has 4 nitrogen and oxygen atoms in total. The zero-order chi connectivity index (χ0) is 16.2. The summed E-state index contributed by atoms with van der Waals surface area (Å²) < 4.78 is 0. The van der Waals surface area contributed by atoms with Crippen molar-refractivity contribution in [3.63, 3.8) is 0 Å². The van der Waals surface area contributed by atoms with Crippen molar-refractivity contribution >= 4 is 46.1 Å². The number of anilines is 1. The van der Waals surface area contributed by atoms with E-state index in [1.807, 2.05) is 17.5 Å². The summed E-state index contributed by atoms with van der Waals surface area (Å²) in [5, 5.41) is 6.34. The number of rotatable bonds is 4. The van der Waals surface area contributed by atoms with Crippen LogP contribution < -0.4 is 5.32 Å². The quantitative estimate of drug-likeness (QED) is 0.731. The van der Waals surface area contributed by atoms with Gasteiger partial charge in [-0.05, 0) is 30.3 Å². The molecule has 2 aromatic heterocycles. The number of benzene rings is 1. The van der Waals surface area contributed by atoms with Crippen LogP contribution in [0.25, 0.3) is 10.6 Å². The van der Waals surface area contributed by atoms with Gasteiger partial charge in [0.05, 0.1) is 22.2 Å². The second-order valence-electron chi connectivity index (χ2n) is 4.74. The first-order valence-corrected chi connectivity index (χ1v) is 8.35. The minimum absolute atomic E-state index is 0.161. The monoisotopic (exact) mass is 363 g/mol. The van der Waals surface area contributed by atoms with E-state index in [1.165, 1.54) is 11.3 Å². The lowest BCUT2D eigenvalue weighted by Gasteiger charge is -2.05. The lowest BCUT2D eigenvalue weighted by Crippen LogP contribution is -2.14. The van der Waals surface area contributed by atoms with Crippen molar-refractivity contribution in [2.24, 2.45) is 0 Å². The van der Waals surface area contributed by atoms with Crippen LogP contribution in [-0.4, -0.2) is 15.9 Å². The van der Waals surface area contributed by atoms with Crippen LogP contribution in [0.2, 0.25) is 10.0 Å². The maximum atomic E-state index is 12.1. The molecule has 0 aliphatic carbocycles. The maximum Gasteiger partial charge on any atom is 0.230 e. The van der Waals surface area contributed by atoms with Crippen molar-refractivity contribution in [3.05, 3.63) is 63.8 Å². The van der Waals surface area contributed by atoms with Gasteiger partial charge in [-0.1, -0.05) is 23.2 Å². The fraction of sp³-hybridized carbons (Fsp3) is 0.0625. The number of carbonyl (C=O) groups is 1. The fourth-order valence-electron chi connectivity index (χ4n) is 1.95. The number of pyridine rings is 1. The number of amides is 1. The molecule has 0 atom stereocenters. The van der Waals surface area contributed by atoms with Gasteiger partial charge in [-0.15, -0.1) is 11.3 Å². The van der Waals surface area contributed by atoms with Crippen LogP contribution in [-0.2, 0) is 11.2 Å². The lowest BCUT2D eigenvalue weighted by molar-refractivity contribution is -0.115. The van der Waals surface area contributed by atoms with Gasteiger partial charge >= 0.3 is 0 Å². The van der Waals surface area contributed by atoms with E-state index >= 15 is 0 Å².